The number of aromatic nitrogens is 3. The maximum atomic E-state index is 12.1. The highest BCUT2D eigenvalue weighted by atomic mass is 16.5. The largest absolute Gasteiger partial charge is 0.360 e. The van der Waals surface area contributed by atoms with Gasteiger partial charge in [0.1, 0.15) is 5.76 Å². The minimum Gasteiger partial charge on any atom is -0.360 e. The van der Waals surface area contributed by atoms with Crippen LogP contribution in [-0.2, 0) is 11.3 Å². The van der Waals surface area contributed by atoms with Crippen molar-refractivity contribution in [2.45, 2.75) is 26.8 Å². The molecule has 2 aromatic heterocycles. The van der Waals surface area contributed by atoms with Crippen LogP contribution in [0.1, 0.15) is 23.6 Å². The molecule has 1 N–H and O–H groups in total. The Morgan fingerprint density at radius 3 is 2.47 bits per heavy atom. The minimum atomic E-state index is -0.0553. The van der Waals surface area contributed by atoms with E-state index in [-0.39, 0.29) is 5.91 Å². The van der Waals surface area contributed by atoms with Crippen molar-refractivity contribution in [1.29, 1.82) is 0 Å². The van der Waals surface area contributed by atoms with Gasteiger partial charge in [0.25, 0.3) is 0 Å². The highest BCUT2D eigenvalue weighted by Crippen LogP contribution is 2.17. The Morgan fingerprint density at radius 2 is 1.77 bits per heavy atom. The predicted molar refractivity (Wildman–Crippen MR) is 111 cm³/mol. The molecule has 1 aliphatic heterocycles. The SMILES string of the molecule is Cc1ccc(-c2noc(CN3CCN(CCC(=O)Nc4cc(C)on4)CC3)n2)cc1. The van der Waals surface area contributed by atoms with Gasteiger partial charge in [0.05, 0.1) is 6.54 Å². The van der Waals surface area contributed by atoms with Gasteiger partial charge in [-0.3, -0.25) is 9.69 Å². The average molecular weight is 410 g/mol. The second-order valence-electron chi connectivity index (χ2n) is 7.62. The molecule has 1 aromatic carbocycles. The van der Waals surface area contributed by atoms with Crippen molar-refractivity contribution in [1.82, 2.24) is 25.1 Å². The van der Waals surface area contributed by atoms with E-state index in [2.05, 4.69) is 37.3 Å². The third kappa shape index (κ3) is 5.31. The predicted octanol–water partition coefficient (Wildman–Crippen LogP) is 2.49. The zero-order chi connectivity index (χ0) is 20.9. The van der Waals surface area contributed by atoms with E-state index in [1.165, 1.54) is 5.56 Å². The van der Waals surface area contributed by atoms with E-state index in [1.54, 1.807) is 13.0 Å². The zero-order valence-electron chi connectivity index (χ0n) is 17.3. The average Bonchev–Trinajstić information content (AvgIpc) is 3.37. The summed E-state index contributed by atoms with van der Waals surface area (Å²) >= 11 is 0. The van der Waals surface area contributed by atoms with Gasteiger partial charge in [0.2, 0.25) is 17.6 Å². The number of nitrogens with zero attached hydrogens (tertiary/aromatic N) is 5. The Morgan fingerprint density at radius 1 is 1.03 bits per heavy atom. The van der Waals surface area contributed by atoms with Crippen LogP contribution in [0.5, 0.6) is 0 Å². The lowest BCUT2D eigenvalue weighted by Gasteiger charge is -2.33. The van der Waals surface area contributed by atoms with Gasteiger partial charge in [-0.15, -0.1) is 0 Å². The maximum Gasteiger partial charge on any atom is 0.241 e. The summed E-state index contributed by atoms with van der Waals surface area (Å²) in [5, 5.41) is 10.6. The molecule has 0 aliphatic carbocycles. The fraction of sp³-hybridized carbons (Fsp3) is 0.429. The van der Waals surface area contributed by atoms with Crippen molar-refractivity contribution >= 4 is 11.7 Å². The van der Waals surface area contributed by atoms with Crippen LogP contribution in [0.25, 0.3) is 11.4 Å². The van der Waals surface area contributed by atoms with Gasteiger partial charge in [0, 0.05) is 50.8 Å². The molecule has 158 valence electrons. The van der Waals surface area contributed by atoms with Gasteiger partial charge in [-0.2, -0.15) is 4.98 Å². The van der Waals surface area contributed by atoms with Crippen molar-refractivity contribution < 1.29 is 13.8 Å². The number of carbonyl (C=O) groups excluding carboxylic acids is 1. The highest BCUT2D eigenvalue weighted by molar-refractivity contribution is 5.89. The fourth-order valence-electron chi connectivity index (χ4n) is 3.39. The van der Waals surface area contributed by atoms with Crippen LogP contribution in [0.3, 0.4) is 0 Å². The van der Waals surface area contributed by atoms with Crippen LogP contribution in [0.4, 0.5) is 5.82 Å². The molecule has 1 fully saturated rings. The lowest BCUT2D eigenvalue weighted by molar-refractivity contribution is -0.116. The van der Waals surface area contributed by atoms with Crippen LogP contribution < -0.4 is 5.32 Å². The normalized spacial score (nSPS) is 15.4. The van der Waals surface area contributed by atoms with Crippen molar-refractivity contribution in [2.24, 2.45) is 0 Å². The molecule has 4 rings (SSSR count). The molecule has 0 radical (unpaired) electrons. The third-order valence-electron chi connectivity index (χ3n) is 5.15. The first-order valence-electron chi connectivity index (χ1n) is 10.1. The number of amides is 1. The number of hydrogen-bond donors (Lipinski definition) is 1. The van der Waals surface area contributed by atoms with Gasteiger partial charge < -0.3 is 19.3 Å². The molecule has 3 aromatic rings. The van der Waals surface area contributed by atoms with Crippen molar-refractivity contribution in [3.8, 4) is 11.4 Å². The molecule has 0 atom stereocenters. The van der Waals surface area contributed by atoms with E-state index >= 15 is 0 Å². The Labute approximate surface area is 175 Å². The highest BCUT2D eigenvalue weighted by Gasteiger charge is 2.20. The summed E-state index contributed by atoms with van der Waals surface area (Å²) in [7, 11) is 0. The number of piperazine rings is 1. The molecule has 0 unspecified atom stereocenters. The molecule has 3 heterocycles. The number of anilines is 1. The molecule has 0 saturated carbocycles. The molecule has 0 bridgehead atoms. The Bertz CT molecular complexity index is 973. The van der Waals surface area contributed by atoms with Crippen LogP contribution in [-0.4, -0.2) is 63.7 Å². The molecule has 1 saturated heterocycles. The van der Waals surface area contributed by atoms with E-state index in [4.69, 9.17) is 9.05 Å². The molecule has 1 aliphatic rings. The molecule has 9 heteroatoms. The second-order valence-corrected chi connectivity index (χ2v) is 7.62. The number of hydrogen-bond acceptors (Lipinski definition) is 8. The Hall–Kier alpha value is -3.04. The first kappa shape index (κ1) is 20.2. The van der Waals surface area contributed by atoms with Crippen LogP contribution in [0.2, 0.25) is 0 Å². The van der Waals surface area contributed by atoms with Gasteiger partial charge in [-0.1, -0.05) is 40.1 Å². The summed E-state index contributed by atoms with van der Waals surface area (Å²) < 4.78 is 10.4. The molecule has 0 spiro atoms. The monoisotopic (exact) mass is 410 g/mol. The third-order valence-corrected chi connectivity index (χ3v) is 5.15. The number of rotatable bonds is 7. The summed E-state index contributed by atoms with van der Waals surface area (Å²) in [6.45, 7) is 8.78. The number of benzene rings is 1. The van der Waals surface area contributed by atoms with Gasteiger partial charge in [0.15, 0.2) is 5.82 Å². The van der Waals surface area contributed by atoms with E-state index in [9.17, 15) is 4.79 Å². The van der Waals surface area contributed by atoms with Crippen molar-refractivity contribution in [2.75, 3.05) is 38.0 Å². The molecular weight excluding hydrogens is 384 g/mol. The fourth-order valence-corrected chi connectivity index (χ4v) is 3.39. The molecule has 9 nitrogen and oxygen atoms in total. The van der Waals surface area contributed by atoms with Crippen LogP contribution in [0, 0.1) is 13.8 Å². The Balaban J connectivity index is 1.19. The summed E-state index contributed by atoms with van der Waals surface area (Å²) in [6, 6.07) is 9.79. The van der Waals surface area contributed by atoms with Gasteiger partial charge >= 0.3 is 0 Å². The van der Waals surface area contributed by atoms with Crippen LogP contribution >= 0.6 is 0 Å². The molecule has 1 amide bonds. The van der Waals surface area contributed by atoms with Gasteiger partial charge in [-0.05, 0) is 13.8 Å². The number of nitrogens with one attached hydrogen (secondary N) is 1. The minimum absolute atomic E-state index is 0.0553. The Kier molecular flexibility index (Phi) is 6.20. The second kappa shape index (κ2) is 9.19. The first-order valence-corrected chi connectivity index (χ1v) is 10.1. The number of carbonyl (C=O) groups is 1. The van der Waals surface area contributed by atoms with Gasteiger partial charge in [-0.25, -0.2) is 0 Å². The molecular formula is C21H26N6O3. The van der Waals surface area contributed by atoms with E-state index in [1.807, 2.05) is 24.3 Å². The molecule has 30 heavy (non-hydrogen) atoms. The van der Waals surface area contributed by atoms with Crippen LogP contribution in [0.15, 0.2) is 39.4 Å². The number of aryl methyl sites for hydroxylation is 2. The van der Waals surface area contributed by atoms with E-state index in [0.29, 0.717) is 42.8 Å². The lowest BCUT2D eigenvalue weighted by Crippen LogP contribution is -2.46. The van der Waals surface area contributed by atoms with Crippen molar-refractivity contribution in [3.05, 3.63) is 47.5 Å². The summed E-state index contributed by atoms with van der Waals surface area (Å²) in [5.74, 6) is 2.33. The summed E-state index contributed by atoms with van der Waals surface area (Å²) in [5.41, 5.74) is 2.16. The lowest BCUT2D eigenvalue weighted by atomic mass is 10.1. The summed E-state index contributed by atoms with van der Waals surface area (Å²) in [6.07, 6.45) is 0.426. The first-order chi connectivity index (χ1) is 14.5. The smallest absolute Gasteiger partial charge is 0.241 e. The standard InChI is InChI=1S/C21H26N6O3/c1-15-3-5-17(6-4-15)21-23-20(30-25-21)14-27-11-9-26(10-12-27)8-7-19(28)22-18-13-16(2)29-24-18/h3-6,13H,7-12,14H2,1-2H3,(H,22,24,28). The van der Waals surface area contributed by atoms with E-state index < -0.39 is 0 Å². The van der Waals surface area contributed by atoms with E-state index in [0.717, 1.165) is 31.7 Å². The topological polar surface area (TPSA) is 101 Å². The maximum absolute atomic E-state index is 12.1. The van der Waals surface area contributed by atoms with Crippen molar-refractivity contribution in [3.63, 3.8) is 0 Å². The summed E-state index contributed by atoms with van der Waals surface area (Å²) in [4.78, 5) is 21.2. The zero-order valence-corrected chi connectivity index (χ0v) is 17.3. The quantitative estimate of drug-likeness (QED) is 0.634.